The minimum atomic E-state index is 0.205. The molecular weight excluding hydrogens is 322 g/mol. The van der Waals surface area contributed by atoms with Crippen molar-refractivity contribution in [2.45, 2.75) is 0 Å². The quantitative estimate of drug-likeness (QED) is 0.453. The summed E-state index contributed by atoms with van der Waals surface area (Å²) >= 11 is 0. The highest BCUT2D eigenvalue weighted by Gasteiger charge is 2.23. The zero-order valence-corrected chi connectivity index (χ0v) is 14.3. The first kappa shape index (κ1) is 17.7. The van der Waals surface area contributed by atoms with Gasteiger partial charge in [0, 0.05) is 45.0 Å². The summed E-state index contributed by atoms with van der Waals surface area (Å²) in [5, 5.41) is 8.51. The van der Waals surface area contributed by atoms with Gasteiger partial charge < -0.3 is 14.5 Å². The standard InChI is InChI=1S/C17H25N5O3/c23-17(22-9-11-25-12-10-22)13-20-5-7-21(8-6-20)16-3-1-15(2-4-16)18-14-19-24/h1-4,14,24H,5-13H2,(H,18,19). The van der Waals surface area contributed by atoms with Crippen LogP contribution in [0.1, 0.15) is 0 Å². The predicted octanol–water partition coefficient (Wildman–Crippen LogP) is 0.306. The zero-order valence-electron chi connectivity index (χ0n) is 14.3. The van der Waals surface area contributed by atoms with Crippen LogP contribution in [0.2, 0.25) is 0 Å². The Bertz CT molecular complexity index is 578. The van der Waals surface area contributed by atoms with Crippen LogP contribution in [0, 0.1) is 0 Å². The summed E-state index contributed by atoms with van der Waals surface area (Å²) in [6.07, 6.45) is 1.24. The molecule has 0 radical (unpaired) electrons. The first-order chi connectivity index (χ1) is 12.3. The highest BCUT2D eigenvalue weighted by Crippen LogP contribution is 2.20. The van der Waals surface area contributed by atoms with Crippen LogP contribution in [0.25, 0.3) is 0 Å². The normalized spacial score (nSPS) is 19.4. The van der Waals surface area contributed by atoms with Crippen LogP contribution in [-0.2, 0) is 9.53 Å². The third kappa shape index (κ3) is 4.91. The number of hydrogen-bond donors (Lipinski definition) is 2. The minimum Gasteiger partial charge on any atom is -0.378 e. The summed E-state index contributed by atoms with van der Waals surface area (Å²) in [7, 11) is 0. The highest BCUT2D eigenvalue weighted by atomic mass is 16.5. The van der Waals surface area contributed by atoms with E-state index in [9.17, 15) is 4.79 Å². The SMILES string of the molecule is O=C(CN1CCN(c2ccc(N=CNO)cc2)CC1)N1CCOCC1. The fraction of sp³-hybridized carbons (Fsp3) is 0.529. The second-order valence-corrected chi connectivity index (χ2v) is 6.16. The molecule has 1 aromatic carbocycles. The number of amides is 1. The number of carbonyl (C=O) groups is 1. The number of nitrogens with one attached hydrogen (secondary N) is 1. The number of hydrogen-bond acceptors (Lipinski definition) is 6. The first-order valence-corrected chi connectivity index (χ1v) is 8.61. The smallest absolute Gasteiger partial charge is 0.236 e. The van der Waals surface area contributed by atoms with Gasteiger partial charge in [0.1, 0.15) is 6.34 Å². The van der Waals surface area contributed by atoms with Crippen molar-refractivity contribution in [3.8, 4) is 0 Å². The number of aliphatic imine (C=N–C) groups is 1. The molecule has 0 atom stereocenters. The van der Waals surface area contributed by atoms with Gasteiger partial charge in [0.15, 0.2) is 0 Å². The van der Waals surface area contributed by atoms with E-state index in [1.54, 1.807) is 0 Å². The minimum absolute atomic E-state index is 0.205. The fourth-order valence-electron chi connectivity index (χ4n) is 3.12. The third-order valence-corrected chi connectivity index (χ3v) is 4.58. The number of anilines is 1. The number of hydroxylamine groups is 1. The van der Waals surface area contributed by atoms with Gasteiger partial charge >= 0.3 is 0 Å². The lowest BCUT2D eigenvalue weighted by Gasteiger charge is -2.37. The van der Waals surface area contributed by atoms with E-state index >= 15 is 0 Å². The summed E-state index contributed by atoms with van der Waals surface area (Å²) in [6.45, 7) is 6.76. The number of carbonyl (C=O) groups excluding carboxylic acids is 1. The first-order valence-electron chi connectivity index (χ1n) is 8.61. The van der Waals surface area contributed by atoms with Crippen LogP contribution < -0.4 is 10.4 Å². The molecule has 25 heavy (non-hydrogen) atoms. The van der Waals surface area contributed by atoms with Gasteiger partial charge in [-0.05, 0) is 24.3 Å². The van der Waals surface area contributed by atoms with Gasteiger partial charge in [-0.2, -0.15) is 0 Å². The maximum Gasteiger partial charge on any atom is 0.236 e. The molecule has 8 nitrogen and oxygen atoms in total. The lowest BCUT2D eigenvalue weighted by molar-refractivity contribution is -0.136. The molecule has 2 heterocycles. The molecule has 0 bridgehead atoms. The summed E-state index contributed by atoms with van der Waals surface area (Å²) in [5.74, 6) is 0.205. The van der Waals surface area contributed by atoms with Crippen LogP contribution >= 0.6 is 0 Å². The van der Waals surface area contributed by atoms with Crippen LogP contribution in [0.3, 0.4) is 0 Å². The van der Waals surface area contributed by atoms with Gasteiger partial charge in [0.2, 0.25) is 5.91 Å². The van der Waals surface area contributed by atoms with Gasteiger partial charge in [0.05, 0.1) is 25.4 Å². The Balaban J connectivity index is 1.46. The number of piperazine rings is 1. The molecule has 1 aromatic rings. The van der Waals surface area contributed by atoms with E-state index in [0.717, 1.165) is 37.6 Å². The van der Waals surface area contributed by atoms with Crippen molar-refractivity contribution in [3.05, 3.63) is 24.3 Å². The molecular formula is C17H25N5O3. The Labute approximate surface area is 147 Å². The monoisotopic (exact) mass is 347 g/mol. The summed E-state index contributed by atoms with van der Waals surface area (Å²) in [4.78, 5) is 22.8. The average molecular weight is 347 g/mol. The van der Waals surface area contributed by atoms with Crippen molar-refractivity contribution in [2.75, 3.05) is 63.9 Å². The van der Waals surface area contributed by atoms with Crippen LogP contribution in [-0.4, -0.2) is 86.3 Å². The summed E-state index contributed by atoms with van der Waals surface area (Å²) in [5.41, 5.74) is 3.82. The summed E-state index contributed by atoms with van der Waals surface area (Å²) in [6, 6.07) is 7.88. The molecule has 2 fully saturated rings. The number of benzene rings is 1. The van der Waals surface area contributed by atoms with Crippen molar-refractivity contribution >= 4 is 23.6 Å². The molecule has 1 amide bonds. The molecule has 2 aliphatic heterocycles. The predicted molar refractivity (Wildman–Crippen MR) is 95.6 cm³/mol. The van der Waals surface area contributed by atoms with Crippen molar-refractivity contribution < 1.29 is 14.7 Å². The molecule has 3 rings (SSSR count). The molecule has 2 saturated heterocycles. The van der Waals surface area contributed by atoms with Gasteiger partial charge in [0.25, 0.3) is 0 Å². The van der Waals surface area contributed by atoms with Crippen molar-refractivity contribution in [2.24, 2.45) is 4.99 Å². The fourth-order valence-corrected chi connectivity index (χ4v) is 3.12. The Morgan fingerprint density at radius 1 is 1.12 bits per heavy atom. The second kappa shape index (κ2) is 8.80. The molecule has 2 aliphatic rings. The maximum absolute atomic E-state index is 12.3. The number of ether oxygens (including phenoxy) is 1. The van der Waals surface area contributed by atoms with Gasteiger partial charge in [-0.3, -0.25) is 20.4 Å². The van der Waals surface area contributed by atoms with E-state index in [2.05, 4.69) is 14.8 Å². The molecule has 0 spiro atoms. The second-order valence-electron chi connectivity index (χ2n) is 6.16. The molecule has 0 aromatic heterocycles. The van der Waals surface area contributed by atoms with Crippen molar-refractivity contribution in [1.82, 2.24) is 15.3 Å². The van der Waals surface area contributed by atoms with E-state index in [1.807, 2.05) is 34.6 Å². The Morgan fingerprint density at radius 3 is 2.44 bits per heavy atom. The summed E-state index contributed by atoms with van der Waals surface area (Å²) < 4.78 is 5.29. The van der Waals surface area contributed by atoms with Gasteiger partial charge in [-0.15, -0.1) is 0 Å². The zero-order chi connectivity index (χ0) is 17.5. The van der Waals surface area contributed by atoms with E-state index in [1.165, 1.54) is 6.34 Å². The van der Waals surface area contributed by atoms with Gasteiger partial charge in [-0.25, -0.2) is 4.99 Å². The lowest BCUT2D eigenvalue weighted by atomic mass is 10.2. The lowest BCUT2D eigenvalue weighted by Crippen LogP contribution is -2.51. The van der Waals surface area contributed by atoms with E-state index < -0.39 is 0 Å². The molecule has 2 N–H and O–H groups in total. The van der Waals surface area contributed by atoms with Crippen LogP contribution in [0.5, 0.6) is 0 Å². The van der Waals surface area contributed by atoms with Crippen LogP contribution in [0.15, 0.2) is 29.3 Å². The average Bonchev–Trinajstić information content (AvgIpc) is 2.68. The van der Waals surface area contributed by atoms with Crippen molar-refractivity contribution in [3.63, 3.8) is 0 Å². The number of rotatable bonds is 5. The maximum atomic E-state index is 12.3. The Morgan fingerprint density at radius 2 is 1.80 bits per heavy atom. The molecule has 0 aliphatic carbocycles. The van der Waals surface area contributed by atoms with E-state index in [0.29, 0.717) is 32.8 Å². The number of morpholine rings is 1. The topological polar surface area (TPSA) is 80.6 Å². The molecule has 8 heteroatoms. The number of nitrogens with zero attached hydrogens (tertiary/aromatic N) is 4. The van der Waals surface area contributed by atoms with Crippen molar-refractivity contribution in [1.29, 1.82) is 0 Å². The largest absolute Gasteiger partial charge is 0.378 e. The highest BCUT2D eigenvalue weighted by molar-refractivity contribution is 5.78. The molecule has 0 unspecified atom stereocenters. The molecule has 0 saturated carbocycles. The van der Waals surface area contributed by atoms with Crippen LogP contribution in [0.4, 0.5) is 11.4 Å². The third-order valence-electron chi connectivity index (χ3n) is 4.58. The molecule has 136 valence electrons. The Kier molecular flexibility index (Phi) is 6.21. The van der Waals surface area contributed by atoms with Gasteiger partial charge in [-0.1, -0.05) is 0 Å². The van der Waals surface area contributed by atoms with E-state index in [4.69, 9.17) is 9.94 Å². The van der Waals surface area contributed by atoms with E-state index in [-0.39, 0.29) is 5.91 Å². The Hall–Kier alpha value is -2.16.